The maximum absolute atomic E-state index is 12.8. The van der Waals surface area contributed by atoms with Gasteiger partial charge in [-0.05, 0) is 24.8 Å². The Labute approximate surface area is 142 Å². The summed E-state index contributed by atoms with van der Waals surface area (Å²) in [4.78, 5) is 26.5. The van der Waals surface area contributed by atoms with Crippen molar-refractivity contribution in [3.8, 4) is 0 Å². The first kappa shape index (κ1) is 16.8. The third-order valence-electron chi connectivity index (χ3n) is 5.13. The Morgan fingerprint density at radius 3 is 2.75 bits per heavy atom. The van der Waals surface area contributed by atoms with Crippen molar-refractivity contribution in [1.82, 2.24) is 15.5 Å². The molecular formula is C18H25N3O3. The van der Waals surface area contributed by atoms with Crippen molar-refractivity contribution in [2.24, 2.45) is 0 Å². The van der Waals surface area contributed by atoms with E-state index in [0.717, 1.165) is 24.8 Å². The van der Waals surface area contributed by atoms with Gasteiger partial charge in [0.15, 0.2) is 0 Å². The molecule has 0 radical (unpaired) electrons. The first-order valence-corrected chi connectivity index (χ1v) is 8.55. The van der Waals surface area contributed by atoms with Crippen LogP contribution in [0.15, 0.2) is 30.3 Å². The van der Waals surface area contributed by atoms with Crippen LogP contribution in [0.5, 0.6) is 0 Å². The van der Waals surface area contributed by atoms with Crippen molar-refractivity contribution in [3.63, 3.8) is 0 Å². The zero-order valence-electron chi connectivity index (χ0n) is 14.1. The SMILES string of the molecule is COC1(CNC(=O)N2CCNC(=O)C[C@H]2c2ccccc2)CCC1. The summed E-state index contributed by atoms with van der Waals surface area (Å²) >= 11 is 0. The van der Waals surface area contributed by atoms with Crippen molar-refractivity contribution in [2.45, 2.75) is 37.3 Å². The third kappa shape index (κ3) is 3.53. The van der Waals surface area contributed by atoms with Crippen LogP contribution in [0.1, 0.15) is 37.3 Å². The standard InChI is InChI=1S/C18H25N3O3/c1-24-18(8-5-9-18)13-20-17(23)21-11-10-19-16(22)12-15(21)14-6-3-2-4-7-14/h2-4,6-7,15H,5,8-13H2,1H3,(H,19,22)(H,20,23)/t15-/m0/s1. The zero-order chi connectivity index (χ0) is 17.0. The van der Waals surface area contributed by atoms with Gasteiger partial charge in [-0.2, -0.15) is 0 Å². The van der Waals surface area contributed by atoms with Crippen LogP contribution >= 0.6 is 0 Å². The minimum atomic E-state index is -0.242. The number of urea groups is 1. The molecule has 3 rings (SSSR count). The normalized spacial score (nSPS) is 23.0. The third-order valence-corrected chi connectivity index (χ3v) is 5.13. The second-order valence-electron chi connectivity index (χ2n) is 6.57. The molecule has 0 unspecified atom stereocenters. The largest absolute Gasteiger partial charge is 0.376 e. The number of nitrogens with one attached hydrogen (secondary N) is 2. The van der Waals surface area contributed by atoms with Crippen molar-refractivity contribution in [2.75, 3.05) is 26.7 Å². The molecule has 130 valence electrons. The molecule has 1 aliphatic heterocycles. The van der Waals surface area contributed by atoms with Crippen molar-refractivity contribution in [1.29, 1.82) is 0 Å². The van der Waals surface area contributed by atoms with Crippen molar-refractivity contribution >= 4 is 11.9 Å². The number of nitrogens with zero attached hydrogens (tertiary/aromatic N) is 1. The van der Waals surface area contributed by atoms with Gasteiger partial charge < -0.3 is 20.3 Å². The van der Waals surface area contributed by atoms with Gasteiger partial charge in [0.05, 0.1) is 18.1 Å². The maximum Gasteiger partial charge on any atom is 0.318 e. The van der Waals surface area contributed by atoms with Crippen molar-refractivity contribution < 1.29 is 14.3 Å². The van der Waals surface area contributed by atoms with Crippen LogP contribution < -0.4 is 10.6 Å². The average molecular weight is 331 g/mol. The number of hydrogen-bond donors (Lipinski definition) is 2. The first-order valence-electron chi connectivity index (χ1n) is 8.55. The lowest BCUT2D eigenvalue weighted by molar-refractivity contribution is -0.121. The average Bonchev–Trinajstić information content (AvgIpc) is 2.76. The molecule has 1 saturated heterocycles. The van der Waals surface area contributed by atoms with Gasteiger partial charge in [-0.1, -0.05) is 30.3 Å². The van der Waals surface area contributed by atoms with E-state index in [0.29, 0.717) is 19.6 Å². The monoisotopic (exact) mass is 331 g/mol. The van der Waals surface area contributed by atoms with Gasteiger partial charge in [0, 0.05) is 26.7 Å². The molecule has 1 aromatic rings. The Kier molecular flexibility index (Phi) is 5.04. The number of hydrogen-bond acceptors (Lipinski definition) is 3. The molecule has 1 atom stereocenters. The Bertz CT molecular complexity index is 581. The van der Waals surface area contributed by atoms with Crippen LogP contribution in [-0.4, -0.2) is 49.2 Å². The molecule has 2 aliphatic rings. The minimum absolute atomic E-state index is 0.0218. The molecule has 1 saturated carbocycles. The molecule has 24 heavy (non-hydrogen) atoms. The smallest absolute Gasteiger partial charge is 0.318 e. The van der Waals surface area contributed by atoms with E-state index in [9.17, 15) is 9.59 Å². The van der Waals surface area contributed by atoms with Gasteiger partial charge in [0.25, 0.3) is 0 Å². The predicted molar refractivity (Wildman–Crippen MR) is 90.5 cm³/mol. The highest BCUT2D eigenvalue weighted by molar-refractivity contribution is 5.80. The van der Waals surface area contributed by atoms with Crippen LogP contribution in [0.2, 0.25) is 0 Å². The van der Waals surface area contributed by atoms with Gasteiger partial charge in [-0.3, -0.25) is 4.79 Å². The number of ether oxygens (including phenoxy) is 1. The fourth-order valence-corrected chi connectivity index (χ4v) is 3.41. The summed E-state index contributed by atoms with van der Waals surface area (Å²) in [6.45, 7) is 1.49. The zero-order valence-corrected chi connectivity index (χ0v) is 14.1. The van der Waals surface area contributed by atoms with Crippen LogP contribution in [0.4, 0.5) is 4.79 Å². The summed E-state index contributed by atoms with van der Waals surface area (Å²) in [5, 5.41) is 5.86. The lowest BCUT2D eigenvalue weighted by Gasteiger charge is -2.41. The highest BCUT2D eigenvalue weighted by Crippen LogP contribution is 2.34. The Morgan fingerprint density at radius 2 is 2.12 bits per heavy atom. The molecule has 1 aliphatic carbocycles. The molecule has 0 spiro atoms. The Balaban J connectivity index is 1.72. The highest BCUT2D eigenvalue weighted by Gasteiger charge is 2.38. The van der Waals surface area contributed by atoms with Crippen molar-refractivity contribution in [3.05, 3.63) is 35.9 Å². The number of carbonyl (C=O) groups is 2. The number of carbonyl (C=O) groups excluding carboxylic acids is 2. The first-order chi connectivity index (χ1) is 11.6. The number of rotatable bonds is 4. The summed E-state index contributed by atoms with van der Waals surface area (Å²) in [7, 11) is 1.70. The summed E-state index contributed by atoms with van der Waals surface area (Å²) < 4.78 is 5.57. The maximum atomic E-state index is 12.8. The molecule has 6 nitrogen and oxygen atoms in total. The number of methoxy groups -OCH3 is 1. The summed E-state index contributed by atoms with van der Waals surface area (Å²) in [6.07, 6.45) is 3.38. The number of benzene rings is 1. The Morgan fingerprint density at radius 1 is 1.38 bits per heavy atom. The fourth-order valence-electron chi connectivity index (χ4n) is 3.41. The van der Waals surface area contributed by atoms with E-state index in [1.807, 2.05) is 30.3 Å². The molecule has 2 N–H and O–H groups in total. The molecule has 0 aromatic heterocycles. The second-order valence-corrected chi connectivity index (χ2v) is 6.57. The highest BCUT2D eigenvalue weighted by atomic mass is 16.5. The van der Waals surface area contributed by atoms with Crippen LogP contribution in [0.3, 0.4) is 0 Å². The van der Waals surface area contributed by atoms with Crippen LogP contribution in [0, 0.1) is 0 Å². The van der Waals surface area contributed by atoms with E-state index < -0.39 is 0 Å². The quantitative estimate of drug-likeness (QED) is 0.884. The number of amides is 3. The second kappa shape index (κ2) is 7.21. The van der Waals surface area contributed by atoms with Gasteiger partial charge in [0.2, 0.25) is 5.91 Å². The molecule has 6 heteroatoms. The summed E-state index contributed by atoms with van der Waals surface area (Å²) in [6, 6.07) is 9.35. The van der Waals surface area contributed by atoms with Crippen LogP contribution in [-0.2, 0) is 9.53 Å². The lowest BCUT2D eigenvalue weighted by Crippen LogP contribution is -2.52. The molecular weight excluding hydrogens is 306 g/mol. The molecule has 2 fully saturated rings. The van der Waals surface area contributed by atoms with Gasteiger partial charge >= 0.3 is 6.03 Å². The minimum Gasteiger partial charge on any atom is -0.376 e. The lowest BCUT2D eigenvalue weighted by atomic mass is 9.80. The van der Waals surface area contributed by atoms with E-state index in [1.165, 1.54) is 0 Å². The van der Waals surface area contributed by atoms with E-state index in [-0.39, 0.29) is 30.0 Å². The molecule has 1 aromatic carbocycles. The van der Waals surface area contributed by atoms with E-state index >= 15 is 0 Å². The van der Waals surface area contributed by atoms with Gasteiger partial charge in [0.1, 0.15) is 0 Å². The fraction of sp³-hybridized carbons (Fsp3) is 0.556. The van der Waals surface area contributed by atoms with Gasteiger partial charge in [-0.15, -0.1) is 0 Å². The van der Waals surface area contributed by atoms with E-state index in [2.05, 4.69) is 10.6 Å². The van der Waals surface area contributed by atoms with E-state index in [4.69, 9.17) is 4.74 Å². The summed E-state index contributed by atoms with van der Waals surface area (Å²) in [5.41, 5.74) is 0.771. The molecule has 1 heterocycles. The summed E-state index contributed by atoms with van der Waals surface area (Å²) in [5.74, 6) is -0.0218. The topological polar surface area (TPSA) is 70.7 Å². The Hall–Kier alpha value is -2.08. The predicted octanol–water partition coefficient (Wildman–Crippen LogP) is 1.83. The molecule has 0 bridgehead atoms. The van der Waals surface area contributed by atoms with E-state index in [1.54, 1.807) is 12.0 Å². The van der Waals surface area contributed by atoms with Gasteiger partial charge in [-0.25, -0.2) is 4.79 Å². The van der Waals surface area contributed by atoms with Crippen LogP contribution in [0.25, 0.3) is 0 Å². The molecule has 3 amide bonds.